The number of benzene rings is 2. The molecule has 30 heavy (non-hydrogen) atoms. The fraction of sp³-hybridized carbons (Fsp3) is 0.364. The Labute approximate surface area is 177 Å². The average molecular weight is 430 g/mol. The summed E-state index contributed by atoms with van der Waals surface area (Å²) < 4.78 is 27.2. The second-order valence-electron chi connectivity index (χ2n) is 7.57. The Morgan fingerprint density at radius 1 is 1.03 bits per heavy atom. The molecule has 0 atom stereocenters. The summed E-state index contributed by atoms with van der Waals surface area (Å²) in [6, 6.07) is 13.4. The molecule has 7 nitrogen and oxygen atoms in total. The minimum Gasteiger partial charge on any atom is -0.332 e. The molecule has 1 N–H and O–H groups in total. The summed E-state index contributed by atoms with van der Waals surface area (Å²) in [5, 5.41) is 2.75. The molecule has 0 saturated carbocycles. The van der Waals surface area contributed by atoms with Gasteiger partial charge < -0.3 is 10.2 Å². The zero-order chi connectivity index (χ0) is 21.7. The van der Waals surface area contributed by atoms with Crippen LogP contribution in [0.15, 0.2) is 53.4 Å². The molecule has 0 bridgehead atoms. The number of piperidine rings is 1. The lowest BCUT2D eigenvalue weighted by molar-refractivity contribution is -0.116. The normalized spacial score (nSPS) is 14.9. The molecule has 0 spiro atoms. The van der Waals surface area contributed by atoms with Crippen LogP contribution < -0.4 is 5.32 Å². The van der Waals surface area contributed by atoms with Gasteiger partial charge in [0.25, 0.3) is 5.91 Å². The summed E-state index contributed by atoms with van der Waals surface area (Å²) in [6.07, 6.45) is 2.72. The maximum Gasteiger partial charge on any atom is 0.254 e. The van der Waals surface area contributed by atoms with Crippen LogP contribution in [0.25, 0.3) is 0 Å². The van der Waals surface area contributed by atoms with Gasteiger partial charge in [0, 0.05) is 31.4 Å². The topological polar surface area (TPSA) is 86.8 Å². The number of carbonyl (C=O) groups is 2. The van der Waals surface area contributed by atoms with Crippen molar-refractivity contribution >= 4 is 27.5 Å². The number of anilines is 1. The van der Waals surface area contributed by atoms with Crippen molar-refractivity contribution in [1.29, 1.82) is 0 Å². The van der Waals surface area contributed by atoms with Gasteiger partial charge in [-0.2, -0.15) is 4.31 Å². The van der Waals surface area contributed by atoms with E-state index in [4.69, 9.17) is 0 Å². The van der Waals surface area contributed by atoms with Gasteiger partial charge in [-0.05, 0) is 50.1 Å². The maximum absolute atomic E-state index is 12.9. The van der Waals surface area contributed by atoms with Gasteiger partial charge in [-0.1, -0.05) is 30.2 Å². The predicted octanol–water partition coefficient (Wildman–Crippen LogP) is 2.88. The summed E-state index contributed by atoms with van der Waals surface area (Å²) in [6.45, 7) is 2.81. The highest BCUT2D eigenvalue weighted by molar-refractivity contribution is 7.89. The first-order valence-corrected chi connectivity index (χ1v) is 11.4. The first-order chi connectivity index (χ1) is 14.3. The second-order valence-corrected chi connectivity index (χ2v) is 9.51. The molecular formula is C22H27N3O4S. The van der Waals surface area contributed by atoms with E-state index in [9.17, 15) is 18.0 Å². The van der Waals surface area contributed by atoms with Crippen LogP contribution in [0.5, 0.6) is 0 Å². The predicted molar refractivity (Wildman–Crippen MR) is 116 cm³/mol. The highest BCUT2D eigenvalue weighted by Crippen LogP contribution is 2.21. The van der Waals surface area contributed by atoms with E-state index < -0.39 is 15.9 Å². The molecule has 1 aliphatic rings. The molecule has 0 radical (unpaired) electrons. The van der Waals surface area contributed by atoms with Gasteiger partial charge in [-0.15, -0.1) is 0 Å². The third kappa shape index (κ3) is 5.25. The molecule has 2 aromatic carbocycles. The summed E-state index contributed by atoms with van der Waals surface area (Å²) in [7, 11) is -2.11. The molecule has 2 aromatic rings. The minimum atomic E-state index is -3.63. The summed E-state index contributed by atoms with van der Waals surface area (Å²) in [5.74, 6) is -0.739. The average Bonchev–Trinajstić information content (AvgIpc) is 2.75. The Balaban J connectivity index is 1.67. The number of nitrogens with one attached hydrogen (secondary N) is 1. The number of amides is 2. The Hall–Kier alpha value is -2.71. The first-order valence-electron chi connectivity index (χ1n) is 9.99. The van der Waals surface area contributed by atoms with E-state index >= 15 is 0 Å². The van der Waals surface area contributed by atoms with E-state index in [0.717, 1.165) is 24.8 Å². The van der Waals surface area contributed by atoms with Gasteiger partial charge in [0.05, 0.1) is 11.4 Å². The van der Waals surface area contributed by atoms with E-state index in [1.165, 1.54) is 28.4 Å². The van der Waals surface area contributed by atoms with Crippen LogP contribution >= 0.6 is 0 Å². The number of carbonyl (C=O) groups excluding carboxylic acids is 2. The van der Waals surface area contributed by atoms with Crippen LogP contribution in [-0.2, 0) is 14.8 Å². The van der Waals surface area contributed by atoms with Crippen molar-refractivity contribution in [3.8, 4) is 0 Å². The van der Waals surface area contributed by atoms with Gasteiger partial charge >= 0.3 is 0 Å². The van der Waals surface area contributed by atoms with Crippen molar-refractivity contribution in [1.82, 2.24) is 9.21 Å². The van der Waals surface area contributed by atoms with Gasteiger partial charge in [-0.3, -0.25) is 9.59 Å². The Kier molecular flexibility index (Phi) is 6.89. The zero-order valence-corrected chi connectivity index (χ0v) is 18.1. The maximum atomic E-state index is 12.9. The fourth-order valence-corrected chi connectivity index (χ4v) is 4.95. The number of hydrogen-bond acceptors (Lipinski definition) is 4. The third-order valence-corrected chi connectivity index (χ3v) is 6.99. The van der Waals surface area contributed by atoms with Crippen molar-refractivity contribution in [2.75, 3.05) is 32.0 Å². The van der Waals surface area contributed by atoms with Crippen molar-refractivity contribution in [2.45, 2.75) is 31.1 Å². The highest BCUT2D eigenvalue weighted by atomic mass is 32.2. The van der Waals surface area contributed by atoms with Gasteiger partial charge in [0.2, 0.25) is 15.9 Å². The smallest absolute Gasteiger partial charge is 0.254 e. The first kappa shape index (κ1) is 22.0. The van der Waals surface area contributed by atoms with Crippen molar-refractivity contribution in [2.24, 2.45) is 0 Å². The summed E-state index contributed by atoms with van der Waals surface area (Å²) in [5.41, 5.74) is 1.97. The van der Waals surface area contributed by atoms with Crippen LogP contribution in [-0.4, -0.2) is 56.1 Å². The van der Waals surface area contributed by atoms with Crippen molar-refractivity contribution < 1.29 is 18.0 Å². The molecule has 0 unspecified atom stereocenters. The number of aryl methyl sites for hydroxylation is 1. The fourth-order valence-electron chi connectivity index (χ4n) is 3.39. The van der Waals surface area contributed by atoms with Crippen molar-refractivity contribution in [3.05, 3.63) is 59.7 Å². The van der Waals surface area contributed by atoms with E-state index in [0.29, 0.717) is 18.8 Å². The molecule has 1 saturated heterocycles. The molecule has 160 valence electrons. The Bertz CT molecular complexity index is 1010. The minimum absolute atomic E-state index is 0.104. The van der Waals surface area contributed by atoms with Gasteiger partial charge in [-0.25, -0.2) is 8.42 Å². The molecule has 1 heterocycles. The molecule has 0 aromatic heterocycles. The lowest BCUT2D eigenvalue weighted by Gasteiger charge is -2.26. The lowest BCUT2D eigenvalue weighted by Crippen LogP contribution is -2.36. The third-order valence-electron chi connectivity index (χ3n) is 5.10. The van der Waals surface area contributed by atoms with Crippen LogP contribution in [0.2, 0.25) is 0 Å². The standard InChI is InChI=1S/C22H27N3O4S/c1-17-9-11-19(12-10-17)23-21(26)16-24(2)22(27)18-7-6-8-20(15-18)30(28,29)25-13-4-3-5-14-25/h6-12,15H,3-5,13-14,16H2,1-2H3,(H,23,26). The van der Waals surface area contributed by atoms with Crippen LogP contribution in [0.1, 0.15) is 35.2 Å². The molecule has 2 amide bonds. The Morgan fingerprint density at radius 3 is 2.37 bits per heavy atom. The van der Waals surface area contributed by atoms with E-state index in [1.807, 2.05) is 19.1 Å². The van der Waals surface area contributed by atoms with E-state index in [-0.39, 0.29) is 22.9 Å². The van der Waals surface area contributed by atoms with Crippen LogP contribution in [0, 0.1) is 6.92 Å². The molecule has 1 aliphatic heterocycles. The lowest BCUT2D eigenvalue weighted by atomic mass is 10.2. The Morgan fingerprint density at radius 2 is 1.70 bits per heavy atom. The zero-order valence-electron chi connectivity index (χ0n) is 17.3. The molecule has 1 fully saturated rings. The van der Waals surface area contributed by atoms with Crippen LogP contribution in [0.3, 0.4) is 0 Å². The van der Waals surface area contributed by atoms with E-state index in [1.54, 1.807) is 24.3 Å². The summed E-state index contributed by atoms with van der Waals surface area (Å²) in [4.78, 5) is 26.4. The SMILES string of the molecule is Cc1ccc(NC(=O)CN(C)C(=O)c2cccc(S(=O)(=O)N3CCCCC3)c2)cc1. The van der Waals surface area contributed by atoms with Crippen molar-refractivity contribution in [3.63, 3.8) is 0 Å². The number of likely N-dealkylation sites (N-methyl/N-ethyl adjacent to an activating group) is 1. The quantitative estimate of drug-likeness (QED) is 0.765. The van der Waals surface area contributed by atoms with Crippen LogP contribution in [0.4, 0.5) is 5.69 Å². The molecular weight excluding hydrogens is 402 g/mol. The van der Waals surface area contributed by atoms with Gasteiger partial charge in [0.1, 0.15) is 0 Å². The number of rotatable bonds is 6. The van der Waals surface area contributed by atoms with Gasteiger partial charge in [0.15, 0.2) is 0 Å². The monoisotopic (exact) mass is 429 g/mol. The molecule has 3 rings (SSSR count). The second kappa shape index (κ2) is 9.40. The largest absolute Gasteiger partial charge is 0.332 e. The molecule has 8 heteroatoms. The molecule has 0 aliphatic carbocycles. The van der Waals surface area contributed by atoms with E-state index in [2.05, 4.69) is 5.32 Å². The number of sulfonamides is 1. The number of hydrogen-bond donors (Lipinski definition) is 1. The summed E-state index contributed by atoms with van der Waals surface area (Å²) >= 11 is 0. The highest BCUT2D eigenvalue weighted by Gasteiger charge is 2.27. The number of nitrogens with zero attached hydrogens (tertiary/aromatic N) is 2.